The molecule has 40 heavy (non-hydrogen) atoms. The van der Waals surface area contributed by atoms with Crippen LogP contribution in [-0.2, 0) is 36.8 Å². The van der Waals surface area contributed by atoms with Crippen LogP contribution in [0, 0.1) is 0 Å². The van der Waals surface area contributed by atoms with E-state index in [2.05, 4.69) is 16.0 Å². The molecule has 0 aliphatic heterocycles. The lowest BCUT2D eigenvalue weighted by atomic mass is 10.1. The van der Waals surface area contributed by atoms with Crippen LogP contribution in [0.4, 0.5) is 11.4 Å². The van der Waals surface area contributed by atoms with Crippen molar-refractivity contribution >= 4 is 42.2 Å². The number of rotatable bonds is 16. The van der Waals surface area contributed by atoms with E-state index in [1.54, 1.807) is 18.2 Å². The van der Waals surface area contributed by atoms with Gasteiger partial charge in [0.05, 0.1) is 43.7 Å². The summed E-state index contributed by atoms with van der Waals surface area (Å²) in [6, 6.07) is 21.7. The maximum atomic E-state index is 13.1. The van der Waals surface area contributed by atoms with Crippen LogP contribution in [0.3, 0.4) is 0 Å². The van der Waals surface area contributed by atoms with Crippen molar-refractivity contribution in [2.45, 2.75) is 24.9 Å². The number of methoxy groups -OCH3 is 1. The van der Waals surface area contributed by atoms with Crippen molar-refractivity contribution in [1.82, 2.24) is 10.6 Å². The van der Waals surface area contributed by atoms with Crippen LogP contribution in [0.5, 0.6) is 5.75 Å². The van der Waals surface area contributed by atoms with Crippen LogP contribution in [0.2, 0.25) is 0 Å². The zero-order chi connectivity index (χ0) is 28.7. The minimum absolute atomic E-state index is 0.303. The van der Waals surface area contributed by atoms with Crippen molar-refractivity contribution in [2.24, 2.45) is 0 Å². The Bertz CT molecular complexity index is 1220. The Hall–Kier alpha value is -4.99. The highest BCUT2D eigenvalue weighted by Gasteiger charge is 2.22. The maximum absolute atomic E-state index is 13.1. The first-order valence-corrected chi connectivity index (χ1v) is 12.7. The predicted octanol–water partition coefficient (Wildman–Crippen LogP) is 1.92. The average molecular weight is 545 g/mol. The largest absolute Gasteiger partial charge is 0.497 e. The first-order chi connectivity index (χ1) is 19.4. The van der Waals surface area contributed by atoms with Gasteiger partial charge in [-0.15, -0.1) is 0 Å². The number of carbonyl (C=O) groups excluding carboxylic acids is 5. The summed E-state index contributed by atoms with van der Waals surface area (Å²) in [4.78, 5) is 62.3. The lowest BCUT2D eigenvalue weighted by molar-refractivity contribution is -0.124. The fraction of sp³-hybridized carbons (Fsp3) is 0.233. The van der Waals surface area contributed by atoms with Crippen molar-refractivity contribution in [3.8, 4) is 5.75 Å². The van der Waals surface area contributed by atoms with Crippen LogP contribution in [0.1, 0.15) is 11.1 Å². The second-order valence-electron chi connectivity index (χ2n) is 9.00. The molecule has 0 radical (unpaired) electrons. The van der Waals surface area contributed by atoms with Gasteiger partial charge < -0.3 is 35.2 Å². The van der Waals surface area contributed by atoms with Gasteiger partial charge in [0.2, 0.25) is 18.2 Å². The van der Waals surface area contributed by atoms with Gasteiger partial charge in [0.1, 0.15) is 18.3 Å². The van der Waals surface area contributed by atoms with Gasteiger partial charge in [0, 0.05) is 6.07 Å². The Morgan fingerprint density at radius 2 is 1.27 bits per heavy atom. The van der Waals surface area contributed by atoms with E-state index in [1.165, 1.54) is 12.0 Å². The molecule has 0 aromatic heterocycles. The van der Waals surface area contributed by atoms with Crippen molar-refractivity contribution < 1.29 is 28.7 Å². The molecule has 3 aromatic rings. The summed E-state index contributed by atoms with van der Waals surface area (Å²) < 4.78 is 5.23. The molecule has 0 bridgehead atoms. The van der Waals surface area contributed by atoms with Crippen molar-refractivity contribution in [3.05, 3.63) is 90.0 Å². The van der Waals surface area contributed by atoms with E-state index in [0.717, 1.165) is 11.1 Å². The van der Waals surface area contributed by atoms with Crippen molar-refractivity contribution in [2.75, 3.05) is 30.4 Å². The van der Waals surface area contributed by atoms with Gasteiger partial charge in [0.15, 0.2) is 0 Å². The number of hydrogen-bond acceptors (Lipinski definition) is 7. The summed E-state index contributed by atoms with van der Waals surface area (Å²) in [5.74, 6) is -0.565. The van der Waals surface area contributed by atoms with Gasteiger partial charge in [-0.25, -0.2) is 0 Å². The Labute approximate surface area is 232 Å². The fourth-order valence-corrected chi connectivity index (χ4v) is 4.18. The second kappa shape index (κ2) is 15.4. The minimum Gasteiger partial charge on any atom is -0.497 e. The fourth-order valence-electron chi connectivity index (χ4n) is 4.18. The van der Waals surface area contributed by atoms with E-state index in [9.17, 15) is 24.0 Å². The molecule has 208 valence electrons. The van der Waals surface area contributed by atoms with Gasteiger partial charge in [0.25, 0.3) is 0 Å². The SMILES string of the molecule is COc1ccc(N(CC(=O)NC(C=O)Cc2ccccc2)CC(=O)N[C@H](C=O)Cc2ccccc2)c(NC=O)c1. The molecule has 0 saturated carbocycles. The molecule has 3 aromatic carbocycles. The Morgan fingerprint density at radius 1 is 0.775 bits per heavy atom. The zero-order valence-electron chi connectivity index (χ0n) is 22.1. The number of benzene rings is 3. The number of carbonyl (C=O) groups is 5. The van der Waals surface area contributed by atoms with E-state index < -0.39 is 23.9 Å². The number of anilines is 2. The molecule has 10 heteroatoms. The van der Waals surface area contributed by atoms with Crippen molar-refractivity contribution in [3.63, 3.8) is 0 Å². The third-order valence-corrected chi connectivity index (χ3v) is 6.05. The molecule has 3 rings (SSSR count). The summed E-state index contributed by atoms with van der Waals surface area (Å²) in [7, 11) is 1.47. The average Bonchev–Trinajstić information content (AvgIpc) is 2.97. The van der Waals surface area contributed by atoms with Gasteiger partial charge in [-0.1, -0.05) is 60.7 Å². The van der Waals surface area contributed by atoms with Crippen LogP contribution in [0.25, 0.3) is 0 Å². The third-order valence-electron chi connectivity index (χ3n) is 6.05. The van der Waals surface area contributed by atoms with Crippen LogP contribution in [0.15, 0.2) is 78.9 Å². The first-order valence-electron chi connectivity index (χ1n) is 12.7. The number of amides is 3. The maximum Gasteiger partial charge on any atom is 0.240 e. The normalized spacial score (nSPS) is 11.8. The molecule has 3 amide bonds. The van der Waals surface area contributed by atoms with Crippen LogP contribution in [-0.4, -0.2) is 63.1 Å². The Balaban J connectivity index is 1.78. The summed E-state index contributed by atoms with van der Waals surface area (Å²) in [5.41, 5.74) is 2.43. The number of aldehydes is 2. The molecule has 0 aliphatic rings. The quantitative estimate of drug-likeness (QED) is 0.235. The number of hydrogen-bond donors (Lipinski definition) is 3. The predicted molar refractivity (Wildman–Crippen MR) is 151 cm³/mol. The topological polar surface area (TPSA) is 134 Å². The molecule has 3 N–H and O–H groups in total. The molecule has 2 atom stereocenters. The Morgan fingerprint density at radius 3 is 1.70 bits per heavy atom. The molecule has 1 unspecified atom stereocenters. The third kappa shape index (κ3) is 9.09. The zero-order valence-corrected chi connectivity index (χ0v) is 22.1. The Kier molecular flexibility index (Phi) is 11.4. The smallest absolute Gasteiger partial charge is 0.240 e. The van der Waals surface area contributed by atoms with Gasteiger partial charge >= 0.3 is 0 Å². The summed E-state index contributed by atoms with van der Waals surface area (Å²) in [6.07, 6.45) is 2.40. The molecular weight excluding hydrogens is 512 g/mol. The van der Waals surface area contributed by atoms with E-state index in [1.807, 2.05) is 60.7 Å². The molecule has 0 saturated heterocycles. The highest BCUT2D eigenvalue weighted by molar-refractivity contribution is 5.92. The van der Waals surface area contributed by atoms with Gasteiger partial charge in [-0.3, -0.25) is 14.4 Å². The lowest BCUT2D eigenvalue weighted by Gasteiger charge is -2.27. The van der Waals surface area contributed by atoms with Gasteiger partial charge in [-0.2, -0.15) is 0 Å². The standard InChI is InChI=1S/C30H32N4O6/c1-40-26-12-13-28(27(16-26)31-21-37)34(17-29(38)32-24(19-35)14-22-8-4-2-5-9-22)18-30(39)33-25(20-36)15-23-10-6-3-7-11-23/h2-13,16,19-21,24-25H,14-15,17-18H2,1H3,(H,31,37)(H,32,38)(H,33,39)/t24-,25?/m0/s1. The summed E-state index contributed by atoms with van der Waals surface area (Å²) in [6.45, 7) is -0.617. The monoisotopic (exact) mass is 544 g/mol. The minimum atomic E-state index is -0.778. The number of ether oxygens (including phenoxy) is 1. The molecule has 10 nitrogen and oxygen atoms in total. The first kappa shape index (κ1) is 29.6. The van der Waals surface area contributed by atoms with E-state index in [4.69, 9.17) is 4.74 Å². The molecular formula is C30H32N4O6. The van der Waals surface area contributed by atoms with Crippen LogP contribution < -0.4 is 25.6 Å². The summed E-state index contributed by atoms with van der Waals surface area (Å²) >= 11 is 0. The molecule has 0 spiro atoms. The van der Waals surface area contributed by atoms with Gasteiger partial charge in [-0.05, 0) is 36.1 Å². The highest BCUT2D eigenvalue weighted by atomic mass is 16.5. The van der Waals surface area contributed by atoms with E-state index in [-0.39, 0.29) is 13.1 Å². The summed E-state index contributed by atoms with van der Waals surface area (Å²) in [5, 5.41) is 7.96. The number of nitrogens with one attached hydrogen (secondary N) is 3. The molecule has 0 heterocycles. The van der Waals surface area contributed by atoms with Crippen LogP contribution >= 0.6 is 0 Å². The second-order valence-corrected chi connectivity index (χ2v) is 9.00. The number of nitrogens with zero attached hydrogens (tertiary/aromatic N) is 1. The van der Waals surface area contributed by atoms with E-state index >= 15 is 0 Å². The van der Waals surface area contributed by atoms with E-state index in [0.29, 0.717) is 48.9 Å². The molecule has 0 fully saturated rings. The lowest BCUT2D eigenvalue weighted by Crippen LogP contribution is -2.48. The molecule has 0 aliphatic carbocycles. The highest BCUT2D eigenvalue weighted by Crippen LogP contribution is 2.30. The van der Waals surface area contributed by atoms with Crippen molar-refractivity contribution in [1.29, 1.82) is 0 Å².